The number of pyridine rings is 1. The largest absolute Gasteiger partial charge is 0.478 e. The summed E-state index contributed by atoms with van der Waals surface area (Å²) in [5.74, 6) is -1.54. The zero-order valence-corrected chi connectivity index (χ0v) is 10.4. The van der Waals surface area contributed by atoms with Gasteiger partial charge in [0.05, 0.1) is 21.1 Å². The number of halogens is 5. The molecule has 0 fully saturated rings. The number of alkyl halides is 3. The minimum absolute atomic E-state index is 0.0400. The van der Waals surface area contributed by atoms with Crippen molar-refractivity contribution in [3.8, 4) is 0 Å². The first-order valence-corrected chi connectivity index (χ1v) is 5.56. The lowest BCUT2D eigenvalue weighted by Crippen LogP contribution is -2.11. The average Bonchev–Trinajstić information content (AvgIpc) is 2.31. The predicted octanol–water partition coefficient (Wildman–Crippen LogP) is 4.26. The number of nitrogens with zero attached hydrogens (tertiary/aromatic N) is 1. The number of aromatic nitrogens is 1. The lowest BCUT2D eigenvalue weighted by atomic mass is 10.1. The molecule has 100 valence electrons. The fraction of sp³-hybridized carbons (Fsp3) is 0.0909. The van der Waals surface area contributed by atoms with Crippen LogP contribution in [-0.2, 0) is 6.18 Å². The summed E-state index contributed by atoms with van der Waals surface area (Å²) in [5.41, 5.74) is -2.07. The molecule has 0 atom stereocenters. The molecular formula is C11H4Cl2F3NO2. The van der Waals surface area contributed by atoms with Crippen molar-refractivity contribution in [3.05, 3.63) is 39.5 Å². The molecule has 1 aromatic heterocycles. The molecule has 8 heteroatoms. The van der Waals surface area contributed by atoms with Gasteiger partial charge in [-0.1, -0.05) is 23.2 Å². The number of benzene rings is 1. The van der Waals surface area contributed by atoms with Crippen molar-refractivity contribution in [3.63, 3.8) is 0 Å². The van der Waals surface area contributed by atoms with E-state index in [1.54, 1.807) is 0 Å². The maximum atomic E-state index is 12.6. The van der Waals surface area contributed by atoms with E-state index in [0.717, 1.165) is 0 Å². The van der Waals surface area contributed by atoms with E-state index in [-0.39, 0.29) is 20.9 Å². The zero-order chi connectivity index (χ0) is 14.4. The molecule has 0 aliphatic heterocycles. The van der Waals surface area contributed by atoms with Gasteiger partial charge in [-0.25, -0.2) is 9.78 Å². The Morgan fingerprint density at radius 3 is 2.42 bits per heavy atom. The number of carboxylic acid groups (broad SMARTS) is 1. The first kappa shape index (κ1) is 13.9. The average molecular weight is 310 g/mol. The van der Waals surface area contributed by atoms with Crippen LogP contribution in [0, 0.1) is 0 Å². The third kappa shape index (κ3) is 2.46. The highest BCUT2D eigenvalue weighted by molar-refractivity contribution is 6.45. The van der Waals surface area contributed by atoms with Gasteiger partial charge in [-0.15, -0.1) is 0 Å². The van der Waals surface area contributed by atoms with Crippen molar-refractivity contribution in [2.24, 2.45) is 0 Å². The van der Waals surface area contributed by atoms with Gasteiger partial charge in [-0.2, -0.15) is 13.2 Å². The highest BCUT2D eigenvalue weighted by Gasteiger charge is 2.34. The molecule has 0 aliphatic carbocycles. The molecule has 1 aromatic carbocycles. The molecule has 19 heavy (non-hydrogen) atoms. The van der Waals surface area contributed by atoms with Crippen LogP contribution in [0.1, 0.15) is 16.1 Å². The second-order valence-corrected chi connectivity index (χ2v) is 4.40. The molecule has 3 nitrogen and oxygen atoms in total. The van der Waals surface area contributed by atoms with E-state index in [4.69, 9.17) is 28.3 Å². The van der Waals surface area contributed by atoms with Crippen molar-refractivity contribution < 1.29 is 23.1 Å². The van der Waals surface area contributed by atoms with Crippen LogP contribution in [0.5, 0.6) is 0 Å². The fourth-order valence-electron chi connectivity index (χ4n) is 1.57. The van der Waals surface area contributed by atoms with Crippen LogP contribution in [0.4, 0.5) is 13.2 Å². The van der Waals surface area contributed by atoms with Gasteiger partial charge in [0.2, 0.25) is 0 Å². The molecule has 2 rings (SSSR count). The molecule has 0 radical (unpaired) electrons. The van der Waals surface area contributed by atoms with Gasteiger partial charge in [0, 0.05) is 5.39 Å². The molecule has 1 N–H and O–H groups in total. The van der Waals surface area contributed by atoms with Crippen LogP contribution in [0.2, 0.25) is 10.0 Å². The van der Waals surface area contributed by atoms with Gasteiger partial charge in [0.25, 0.3) is 0 Å². The summed E-state index contributed by atoms with van der Waals surface area (Å²) in [5, 5.41) is 8.77. The van der Waals surface area contributed by atoms with Crippen LogP contribution < -0.4 is 0 Å². The standard InChI is InChI=1S/C11H4Cl2F3NO2/c12-5-1-2-6-8(9(5)13)4(10(18)19)3-7(17-6)11(14,15)16/h1-3H,(H,18,19). The van der Waals surface area contributed by atoms with Crippen molar-refractivity contribution in [2.75, 3.05) is 0 Å². The summed E-state index contributed by atoms with van der Waals surface area (Å²) < 4.78 is 37.9. The first-order chi connectivity index (χ1) is 8.71. The second kappa shape index (κ2) is 4.54. The lowest BCUT2D eigenvalue weighted by molar-refractivity contribution is -0.140. The molecule has 0 saturated carbocycles. The Morgan fingerprint density at radius 2 is 1.89 bits per heavy atom. The zero-order valence-electron chi connectivity index (χ0n) is 8.92. The van der Waals surface area contributed by atoms with Gasteiger partial charge in [0.15, 0.2) is 0 Å². The van der Waals surface area contributed by atoms with E-state index >= 15 is 0 Å². The number of fused-ring (bicyclic) bond motifs is 1. The SMILES string of the molecule is O=C(O)c1cc(C(F)(F)F)nc2ccc(Cl)c(Cl)c12. The number of hydrogen-bond donors (Lipinski definition) is 1. The Balaban J connectivity index is 2.92. The van der Waals surface area contributed by atoms with Crippen molar-refractivity contribution in [2.45, 2.75) is 6.18 Å². The van der Waals surface area contributed by atoms with Crippen LogP contribution in [-0.4, -0.2) is 16.1 Å². The second-order valence-electron chi connectivity index (χ2n) is 3.61. The molecule has 2 aromatic rings. The summed E-state index contributed by atoms with van der Waals surface area (Å²) in [6.07, 6.45) is -4.75. The summed E-state index contributed by atoms with van der Waals surface area (Å²) >= 11 is 11.5. The van der Waals surface area contributed by atoms with E-state index in [1.165, 1.54) is 12.1 Å². The summed E-state index contributed by atoms with van der Waals surface area (Å²) in [7, 11) is 0. The van der Waals surface area contributed by atoms with Gasteiger partial charge in [0.1, 0.15) is 5.69 Å². The Morgan fingerprint density at radius 1 is 1.26 bits per heavy atom. The molecule has 1 heterocycles. The van der Waals surface area contributed by atoms with E-state index in [2.05, 4.69) is 4.98 Å². The van der Waals surface area contributed by atoms with Crippen LogP contribution >= 0.6 is 23.2 Å². The maximum absolute atomic E-state index is 12.6. The Bertz CT molecular complexity index is 686. The number of hydrogen-bond acceptors (Lipinski definition) is 2. The summed E-state index contributed by atoms with van der Waals surface area (Å²) in [6.45, 7) is 0. The molecule has 0 aliphatic rings. The smallest absolute Gasteiger partial charge is 0.433 e. The van der Waals surface area contributed by atoms with Crippen molar-refractivity contribution in [1.82, 2.24) is 4.98 Å². The van der Waals surface area contributed by atoms with Crippen LogP contribution in [0.3, 0.4) is 0 Å². The Kier molecular flexibility index (Phi) is 3.32. The number of rotatable bonds is 1. The third-order valence-electron chi connectivity index (χ3n) is 2.38. The predicted molar refractivity (Wildman–Crippen MR) is 63.7 cm³/mol. The minimum Gasteiger partial charge on any atom is -0.478 e. The van der Waals surface area contributed by atoms with Crippen LogP contribution in [0.15, 0.2) is 18.2 Å². The lowest BCUT2D eigenvalue weighted by Gasteiger charge is -2.11. The summed E-state index contributed by atoms with van der Waals surface area (Å²) in [4.78, 5) is 14.4. The first-order valence-electron chi connectivity index (χ1n) is 4.81. The highest BCUT2D eigenvalue weighted by atomic mass is 35.5. The molecular weight excluding hydrogens is 306 g/mol. The molecule has 0 amide bonds. The monoisotopic (exact) mass is 309 g/mol. The van der Waals surface area contributed by atoms with Crippen molar-refractivity contribution in [1.29, 1.82) is 0 Å². The van der Waals surface area contributed by atoms with E-state index in [9.17, 15) is 18.0 Å². The molecule has 0 saturated heterocycles. The van der Waals surface area contributed by atoms with Gasteiger partial charge in [-0.3, -0.25) is 0 Å². The Labute approximate surface area is 114 Å². The third-order valence-corrected chi connectivity index (χ3v) is 3.19. The van der Waals surface area contributed by atoms with E-state index < -0.39 is 23.4 Å². The van der Waals surface area contributed by atoms with Crippen molar-refractivity contribution >= 4 is 40.1 Å². The summed E-state index contributed by atoms with van der Waals surface area (Å²) in [6, 6.07) is 2.88. The number of carbonyl (C=O) groups is 1. The van der Waals surface area contributed by atoms with E-state index in [1.807, 2.05) is 0 Å². The highest BCUT2D eigenvalue weighted by Crippen LogP contribution is 2.36. The molecule has 0 unspecified atom stereocenters. The normalized spacial score (nSPS) is 11.8. The number of aromatic carboxylic acids is 1. The Hall–Kier alpha value is -1.53. The van der Waals surface area contributed by atoms with Gasteiger partial charge in [-0.05, 0) is 18.2 Å². The van der Waals surface area contributed by atoms with Gasteiger partial charge >= 0.3 is 12.1 Å². The maximum Gasteiger partial charge on any atom is 0.433 e. The fourth-order valence-corrected chi connectivity index (χ4v) is 1.99. The quantitative estimate of drug-likeness (QED) is 0.856. The molecule has 0 spiro atoms. The topological polar surface area (TPSA) is 50.2 Å². The minimum atomic E-state index is -4.75. The molecule has 0 bridgehead atoms. The van der Waals surface area contributed by atoms with Gasteiger partial charge < -0.3 is 5.11 Å². The van der Waals surface area contributed by atoms with E-state index in [0.29, 0.717) is 6.07 Å². The number of carboxylic acids is 1. The van der Waals surface area contributed by atoms with Crippen LogP contribution in [0.25, 0.3) is 10.9 Å².